The van der Waals surface area contributed by atoms with E-state index in [1.54, 1.807) is 10.6 Å². The Bertz CT molecular complexity index is 1190. The van der Waals surface area contributed by atoms with Crippen molar-refractivity contribution in [2.45, 2.75) is 18.2 Å². The highest BCUT2D eigenvalue weighted by Crippen LogP contribution is 2.32. The number of carbonyl (C=O) groups is 1. The maximum atomic E-state index is 13.0. The molecule has 0 radical (unpaired) electrons. The molecule has 1 unspecified atom stereocenters. The second-order valence-corrected chi connectivity index (χ2v) is 9.60. The molecule has 148 valence electrons. The molecule has 1 fully saturated rings. The first-order valence-corrected chi connectivity index (χ1v) is 10.7. The van der Waals surface area contributed by atoms with Crippen LogP contribution in [0.3, 0.4) is 0 Å². The van der Waals surface area contributed by atoms with Gasteiger partial charge in [0.2, 0.25) is 5.82 Å². The molecule has 0 bridgehead atoms. The van der Waals surface area contributed by atoms with Gasteiger partial charge in [0.25, 0.3) is 0 Å². The molecule has 0 saturated heterocycles. The predicted octanol–water partition coefficient (Wildman–Crippen LogP) is 3.32. The first-order valence-electron chi connectivity index (χ1n) is 8.25. The lowest BCUT2D eigenvalue weighted by Crippen LogP contribution is -2.09. The number of halogens is 3. The third kappa shape index (κ3) is 4.04. The molecule has 8 nitrogen and oxygen atoms in total. The predicted molar refractivity (Wildman–Crippen MR) is 96.6 cm³/mol. The maximum absolute atomic E-state index is 13.0. The molecule has 3 aromatic rings. The molecule has 12 heteroatoms. The highest BCUT2D eigenvalue weighted by atomic mass is 35.5. The van der Waals surface area contributed by atoms with Crippen LogP contribution >= 0.6 is 11.6 Å². The molecular weight excluding hydrogens is 416 g/mol. The first kappa shape index (κ1) is 18.9. The molecule has 4 rings (SSSR count). The molecule has 0 aliphatic heterocycles. The van der Waals surface area contributed by atoms with E-state index in [0.717, 1.165) is 12.8 Å². The van der Waals surface area contributed by atoms with Gasteiger partial charge in [-0.1, -0.05) is 5.16 Å². The Morgan fingerprint density at radius 1 is 1.46 bits per heavy atom. The number of rotatable bonds is 5. The van der Waals surface area contributed by atoms with Crippen molar-refractivity contribution in [3.63, 3.8) is 0 Å². The number of pyridine rings is 1. The lowest BCUT2D eigenvalue weighted by molar-refractivity contribution is 0.0551. The molecule has 1 aliphatic carbocycles. The summed E-state index contributed by atoms with van der Waals surface area (Å²) >= 11 is 4.86. The quantitative estimate of drug-likeness (QED) is 0.576. The van der Waals surface area contributed by atoms with Gasteiger partial charge in [-0.3, -0.25) is 4.79 Å². The Morgan fingerprint density at radius 3 is 2.86 bits per heavy atom. The SMILES string of the molecule is CS(=O)(CC1CC1)=NC(=O)c1cn2ccc(-c3noc(C(F)(F)Cl)n3)cc2n1. The van der Waals surface area contributed by atoms with Crippen LogP contribution in [0, 0.1) is 5.92 Å². The van der Waals surface area contributed by atoms with Gasteiger partial charge >= 0.3 is 17.2 Å². The Morgan fingerprint density at radius 2 is 2.21 bits per heavy atom. The number of imidazole rings is 1. The third-order valence-corrected chi connectivity index (χ3v) is 5.93. The molecule has 1 atom stereocenters. The molecular formula is C16H14ClF2N5O3S. The fourth-order valence-corrected chi connectivity index (χ4v) is 4.46. The van der Waals surface area contributed by atoms with Crippen molar-refractivity contribution in [2.75, 3.05) is 12.0 Å². The van der Waals surface area contributed by atoms with Gasteiger partial charge in [-0.25, -0.2) is 9.19 Å². The highest BCUT2D eigenvalue weighted by molar-refractivity contribution is 7.93. The molecule has 0 N–H and O–H groups in total. The summed E-state index contributed by atoms with van der Waals surface area (Å²) in [7, 11) is -2.61. The summed E-state index contributed by atoms with van der Waals surface area (Å²) in [6.45, 7) is 0. The van der Waals surface area contributed by atoms with E-state index in [0.29, 0.717) is 22.9 Å². The smallest absolute Gasteiger partial charge is 0.331 e. The summed E-state index contributed by atoms with van der Waals surface area (Å²) in [6, 6.07) is 3.03. The van der Waals surface area contributed by atoms with Gasteiger partial charge in [0.05, 0.1) is 9.73 Å². The average Bonchev–Trinajstić information content (AvgIpc) is 3.12. The van der Waals surface area contributed by atoms with Gasteiger partial charge in [-0.05, 0) is 42.5 Å². The van der Waals surface area contributed by atoms with Crippen molar-refractivity contribution >= 4 is 32.9 Å². The van der Waals surface area contributed by atoms with E-state index >= 15 is 0 Å². The highest BCUT2D eigenvalue weighted by Gasteiger charge is 2.35. The molecule has 0 aromatic carbocycles. The van der Waals surface area contributed by atoms with Crippen molar-refractivity contribution in [3.05, 3.63) is 36.1 Å². The van der Waals surface area contributed by atoms with Crippen molar-refractivity contribution in [3.8, 4) is 11.4 Å². The van der Waals surface area contributed by atoms with Gasteiger partial charge < -0.3 is 8.92 Å². The van der Waals surface area contributed by atoms with Crippen LogP contribution in [0.2, 0.25) is 0 Å². The van der Waals surface area contributed by atoms with Crippen molar-refractivity contribution < 1.29 is 22.3 Å². The maximum Gasteiger partial charge on any atom is 0.400 e. The molecule has 1 amide bonds. The molecule has 0 spiro atoms. The molecule has 1 aliphatic rings. The second kappa shape index (κ2) is 6.59. The van der Waals surface area contributed by atoms with E-state index in [2.05, 4.69) is 24.0 Å². The van der Waals surface area contributed by atoms with Crippen LogP contribution in [0.5, 0.6) is 0 Å². The summed E-state index contributed by atoms with van der Waals surface area (Å²) in [5.74, 6) is -1.00. The Labute approximate surface area is 163 Å². The zero-order valence-electron chi connectivity index (χ0n) is 14.5. The van der Waals surface area contributed by atoms with Gasteiger partial charge in [-0.2, -0.15) is 18.1 Å². The lowest BCUT2D eigenvalue weighted by Gasteiger charge is -2.00. The number of fused-ring (bicyclic) bond motifs is 1. The summed E-state index contributed by atoms with van der Waals surface area (Å²) < 4.78 is 48.3. The Balaban J connectivity index is 1.63. The van der Waals surface area contributed by atoms with E-state index in [4.69, 9.17) is 11.6 Å². The fraction of sp³-hybridized carbons (Fsp3) is 0.375. The second-order valence-electron chi connectivity index (χ2n) is 6.69. The van der Waals surface area contributed by atoms with Gasteiger partial charge in [0.15, 0.2) is 0 Å². The topological polar surface area (TPSA) is 103 Å². The van der Waals surface area contributed by atoms with E-state index in [1.165, 1.54) is 24.6 Å². The summed E-state index contributed by atoms with van der Waals surface area (Å²) in [6.07, 6.45) is 6.50. The van der Waals surface area contributed by atoms with Gasteiger partial charge in [0.1, 0.15) is 11.3 Å². The molecule has 3 aromatic heterocycles. The van der Waals surface area contributed by atoms with Crippen LogP contribution in [-0.4, -0.2) is 41.7 Å². The van der Waals surface area contributed by atoms with Crippen molar-refractivity contribution in [1.82, 2.24) is 19.5 Å². The lowest BCUT2D eigenvalue weighted by atomic mass is 10.2. The molecule has 1 saturated carbocycles. The minimum absolute atomic E-state index is 0.0311. The fourth-order valence-electron chi connectivity index (χ4n) is 2.66. The number of aromatic nitrogens is 4. The number of amides is 1. The van der Waals surface area contributed by atoms with Crippen LogP contribution in [0.1, 0.15) is 29.2 Å². The van der Waals surface area contributed by atoms with E-state index in [1.807, 2.05) is 0 Å². The number of carbonyl (C=O) groups excluding carboxylic acids is 1. The normalized spacial score (nSPS) is 16.9. The van der Waals surface area contributed by atoms with E-state index in [9.17, 15) is 17.8 Å². The summed E-state index contributed by atoms with van der Waals surface area (Å²) in [5, 5.41) is -0.294. The Kier molecular flexibility index (Phi) is 4.46. The van der Waals surface area contributed by atoms with Gasteiger partial charge in [0, 0.05) is 30.0 Å². The zero-order valence-corrected chi connectivity index (χ0v) is 16.1. The van der Waals surface area contributed by atoms with Gasteiger partial charge in [-0.15, -0.1) is 0 Å². The molecule has 28 heavy (non-hydrogen) atoms. The number of hydrogen-bond acceptors (Lipinski definition) is 6. The minimum atomic E-state index is -3.77. The van der Waals surface area contributed by atoms with Crippen LogP contribution in [0.15, 0.2) is 33.4 Å². The van der Waals surface area contributed by atoms with E-state index in [-0.39, 0.29) is 11.5 Å². The minimum Gasteiger partial charge on any atom is -0.331 e. The van der Waals surface area contributed by atoms with Crippen LogP contribution in [-0.2, 0) is 15.1 Å². The third-order valence-electron chi connectivity index (χ3n) is 4.12. The standard InChI is InChI=1S/C16H14ClF2N5O3S/c1-28(26,8-9-2-3-9)23-14(25)11-7-24-5-4-10(6-12(24)20-11)13-21-15(27-22-13)16(17,18)19/h4-7,9H,2-3,8H2,1H3. The number of hydrogen-bond donors (Lipinski definition) is 0. The molecule has 3 heterocycles. The number of alkyl halides is 3. The summed E-state index contributed by atoms with van der Waals surface area (Å²) in [4.78, 5) is 20.1. The van der Waals surface area contributed by atoms with Crippen LogP contribution in [0.4, 0.5) is 8.78 Å². The average molecular weight is 430 g/mol. The van der Waals surface area contributed by atoms with Crippen LogP contribution < -0.4 is 0 Å². The summed E-state index contributed by atoms with van der Waals surface area (Å²) in [5.41, 5.74) is 0.714. The Hall–Kier alpha value is -2.40. The van der Waals surface area contributed by atoms with Crippen LogP contribution in [0.25, 0.3) is 17.0 Å². The largest absolute Gasteiger partial charge is 0.400 e. The number of nitrogens with zero attached hydrogens (tertiary/aromatic N) is 5. The zero-order chi connectivity index (χ0) is 20.1. The van der Waals surface area contributed by atoms with Crippen molar-refractivity contribution in [1.29, 1.82) is 0 Å². The van der Waals surface area contributed by atoms with E-state index < -0.39 is 26.9 Å². The monoisotopic (exact) mass is 429 g/mol. The van der Waals surface area contributed by atoms with Crippen molar-refractivity contribution in [2.24, 2.45) is 10.3 Å². The first-order chi connectivity index (χ1) is 13.1.